The van der Waals surface area contributed by atoms with Crippen LogP contribution in [0.5, 0.6) is 5.75 Å². The van der Waals surface area contributed by atoms with Crippen LogP contribution in [-0.2, 0) is 5.60 Å². The minimum absolute atomic E-state index is 0.341. The molecule has 0 radical (unpaired) electrons. The van der Waals surface area contributed by atoms with E-state index in [0.717, 1.165) is 6.20 Å². The third kappa shape index (κ3) is 2.42. The van der Waals surface area contributed by atoms with Crippen LogP contribution in [-0.4, -0.2) is 22.2 Å². The first-order chi connectivity index (χ1) is 9.11. The van der Waals surface area contributed by atoms with Crippen LogP contribution < -0.4 is 4.74 Å². The minimum Gasteiger partial charge on any atom is -0.495 e. The van der Waals surface area contributed by atoms with Crippen LogP contribution in [0.4, 0.5) is 4.39 Å². The topological polar surface area (TPSA) is 55.2 Å². The van der Waals surface area contributed by atoms with Gasteiger partial charge in [-0.2, -0.15) is 0 Å². The van der Waals surface area contributed by atoms with Gasteiger partial charge < -0.3 is 9.84 Å². The van der Waals surface area contributed by atoms with Crippen LogP contribution >= 0.6 is 0 Å². The number of hydrogen-bond donors (Lipinski definition) is 1. The molecule has 0 aromatic carbocycles. The monoisotopic (exact) mass is 262 g/mol. The SMILES string of the molecule is CCC(O)(c1ccc(F)cn1)c1ncccc1OC. The normalized spacial score (nSPS) is 13.9. The molecule has 0 bridgehead atoms. The maximum Gasteiger partial charge on any atom is 0.152 e. The van der Waals surface area contributed by atoms with Crippen molar-refractivity contribution in [3.8, 4) is 5.75 Å². The smallest absolute Gasteiger partial charge is 0.152 e. The van der Waals surface area contributed by atoms with E-state index < -0.39 is 11.4 Å². The quantitative estimate of drug-likeness (QED) is 0.918. The number of methoxy groups -OCH3 is 1. The number of halogens is 1. The average Bonchev–Trinajstić information content (AvgIpc) is 2.47. The van der Waals surface area contributed by atoms with E-state index in [1.165, 1.54) is 19.2 Å². The molecule has 5 heteroatoms. The third-order valence-corrected chi connectivity index (χ3v) is 3.05. The molecule has 0 amide bonds. The molecule has 2 aromatic heterocycles. The van der Waals surface area contributed by atoms with Crippen LogP contribution in [0, 0.1) is 5.82 Å². The highest BCUT2D eigenvalue weighted by Gasteiger charge is 2.35. The predicted octanol–water partition coefficient (Wildman–Crippen LogP) is 2.27. The zero-order valence-corrected chi connectivity index (χ0v) is 10.8. The Hall–Kier alpha value is -2.01. The molecule has 1 unspecified atom stereocenters. The van der Waals surface area contributed by atoms with Gasteiger partial charge in [0.2, 0.25) is 0 Å². The standard InChI is InChI=1S/C14H15FN2O2/c1-3-14(18,12-7-6-10(15)9-17-12)13-11(19-2)5-4-8-16-13/h4-9,18H,3H2,1-2H3. The molecule has 19 heavy (non-hydrogen) atoms. The van der Waals surface area contributed by atoms with E-state index in [9.17, 15) is 9.50 Å². The Kier molecular flexibility index (Phi) is 3.76. The number of aliphatic hydroxyl groups is 1. The summed E-state index contributed by atoms with van der Waals surface area (Å²) in [7, 11) is 1.51. The van der Waals surface area contributed by atoms with Crippen LogP contribution in [0.25, 0.3) is 0 Å². The van der Waals surface area contributed by atoms with Gasteiger partial charge in [0.25, 0.3) is 0 Å². The molecule has 100 valence electrons. The van der Waals surface area contributed by atoms with E-state index in [1.807, 2.05) is 0 Å². The Morgan fingerprint density at radius 2 is 2.11 bits per heavy atom. The summed E-state index contributed by atoms with van der Waals surface area (Å²) >= 11 is 0. The fourth-order valence-corrected chi connectivity index (χ4v) is 1.96. The Labute approximate surface area is 110 Å². The van der Waals surface area contributed by atoms with Gasteiger partial charge in [-0.15, -0.1) is 0 Å². The van der Waals surface area contributed by atoms with Crippen molar-refractivity contribution >= 4 is 0 Å². The Morgan fingerprint density at radius 1 is 1.32 bits per heavy atom. The summed E-state index contributed by atoms with van der Waals surface area (Å²) in [6, 6.07) is 6.15. The van der Waals surface area contributed by atoms with Crippen molar-refractivity contribution in [2.45, 2.75) is 18.9 Å². The average molecular weight is 262 g/mol. The van der Waals surface area contributed by atoms with Crippen molar-refractivity contribution in [3.63, 3.8) is 0 Å². The van der Waals surface area contributed by atoms with Crippen molar-refractivity contribution in [2.24, 2.45) is 0 Å². The molecule has 0 fully saturated rings. The summed E-state index contributed by atoms with van der Waals surface area (Å²) in [5.74, 6) is 0.0214. The Balaban J connectivity index is 2.56. The van der Waals surface area contributed by atoms with E-state index in [0.29, 0.717) is 23.6 Å². The summed E-state index contributed by atoms with van der Waals surface area (Å²) in [6.45, 7) is 1.80. The largest absolute Gasteiger partial charge is 0.495 e. The first kappa shape index (κ1) is 13.4. The van der Waals surface area contributed by atoms with Gasteiger partial charge in [0.05, 0.1) is 19.0 Å². The number of aromatic nitrogens is 2. The fraction of sp³-hybridized carbons (Fsp3) is 0.286. The Bertz CT molecular complexity index is 560. The fourth-order valence-electron chi connectivity index (χ4n) is 1.96. The zero-order valence-electron chi connectivity index (χ0n) is 10.8. The lowest BCUT2D eigenvalue weighted by Crippen LogP contribution is -2.29. The van der Waals surface area contributed by atoms with Crippen LogP contribution in [0.3, 0.4) is 0 Å². The first-order valence-corrected chi connectivity index (χ1v) is 5.95. The van der Waals surface area contributed by atoms with Crippen molar-refractivity contribution < 1.29 is 14.2 Å². The van der Waals surface area contributed by atoms with Crippen LogP contribution in [0.15, 0.2) is 36.7 Å². The lowest BCUT2D eigenvalue weighted by atomic mass is 9.90. The summed E-state index contributed by atoms with van der Waals surface area (Å²) in [5, 5.41) is 10.8. The molecule has 2 rings (SSSR count). The molecule has 0 saturated carbocycles. The number of ether oxygens (including phenoxy) is 1. The maximum absolute atomic E-state index is 12.9. The van der Waals surface area contributed by atoms with E-state index in [2.05, 4.69) is 9.97 Å². The van der Waals surface area contributed by atoms with Crippen LogP contribution in [0.1, 0.15) is 24.7 Å². The van der Waals surface area contributed by atoms with Gasteiger partial charge in [-0.3, -0.25) is 9.97 Å². The first-order valence-electron chi connectivity index (χ1n) is 5.95. The second-order valence-corrected chi connectivity index (χ2v) is 4.13. The molecule has 0 spiro atoms. The number of rotatable bonds is 4. The molecule has 0 saturated heterocycles. The summed E-state index contributed by atoms with van der Waals surface area (Å²) in [5.41, 5.74) is -0.687. The lowest BCUT2D eigenvalue weighted by molar-refractivity contribution is 0.0642. The number of hydrogen-bond acceptors (Lipinski definition) is 4. The molecular formula is C14H15FN2O2. The Morgan fingerprint density at radius 3 is 2.68 bits per heavy atom. The highest BCUT2D eigenvalue weighted by Crippen LogP contribution is 2.35. The molecule has 4 nitrogen and oxygen atoms in total. The van der Waals surface area contributed by atoms with Crippen LogP contribution in [0.2, 0.25) is 0 Å². The second kappa shape index (κ2) is 5.32. The summed E-state index contributed by atoms with van der Waals surface area (Å²) in [6.07, 6.45) is 2.99. The molecule has 2 heterocycles. The molecule has 2 aromatic rings. The van der Waals surface area contributed by atoms with Crippen molar-refractivity contribution in [2.75, 3.05) is 7.11 Å². The molecule has 0 aliphatic carbocycles. The van der Waals surface area contributed by atoms with Gasteiger partial charge in [-0.25, -0.2) is 4.39 Å². The molecule has 0 aliphatic rings. The number of pyridine rings is 2. The van der Waals surface area contributed by atoms with Crippen molar-refractivity contribution in [1.29, 1.82) is 0 Å². The third-order valence-electron chi connectivity index (χ3n) is 3.05. The number of nitrogens with zero attached hydrogens (tertiary/aromatic N) is 2. The minimum atomic E-state index is -1.40. The lowest BCUT2D eigenvalue weighted by Gasteiger charge is -2.26. The zero-order chi connectivity index (χ0) is 13.9. The van der Waals surface area contributed by atoms with E-state index in [1.54, 1.807) is 25.3 Å². The van der Waals surface area contributed by atoms with Gasteiger partial charge in [-0.1, -0.05) is 6.92 Å². The summed E-state index contributed by atoms with van der Waals surface area (Å²) < 4.78 is 18.2. The van der Waals surface area contributed by atoms with E-state index in [4.69, 9.17) is 4.74 Å². The molecular weight excluding hydrogens is 247 g/mol. The van der Waals surface area contributed by atoms with E-state index >= 15 is 0 Å². The molecule has 0 aliphatic heterocycles. The van der Waals surface area contributed by atoms with Gasteiger partial charge in [0, 0.05) is 6.20 Å². The van der Waals surface area contributed by atoms with Gasteiger partial charge >= 0.3 is 0 Å². The highest BCUT2D eigenvalue weighted by molar-refractivity contribution is 5.37. The van der Waals surface area contributed by atoms with Gasteiger partial charge in [-0.05, 0) is 30.7 Å². The highest BCUT2D eigenvalue weighted by atomic mass is 19.1. The molecule has 1 atom stereocenters. The summed E-state index contributed by atoms with van der Waals surface area (Å²) in [4.78, 5) is 8.13. The van der Waals surface area contributed by atoms with Crippen molar-refractivity contribution in [3.05, 3.63) is 53.9 Å². The molecule has 1 N–H and O–H groups in total. The van der Waals surface area contributed by atoms with Gasteiger partial charge in [0.1, 0.15) is 17.3 Å². The van der Waals surface area contributed by atoms with E-state index in [-0.39, 0.29) is 0 Å². The maximum atomic E-state index is 12.9. The van der Waals surface area contributed by atoms with Gasteiger partial charge in [0.15, 0.2) is 5.60 Å². The predicted molar refractivity (Wildman–Crippen MR) is 68.3 cm³/mol. The van der Waals surface area contributed by atoms with Crippen molar-refractivity contribution in [1.82, 2.24) is 9.97 Å². The second-order valence-electron chi connectivity index (χ2n) is 4.13.